The van der Waals surface area contributed by atoms with Gasteiger partial charge in [0.2, 0.25) is 0 Å². The fourth-order valence-electron chi connectivity index (χ4n) is 4.57. The normalized spacial score (nSPS) is 11.6. The number of rotatable bonds is 5. The van der Waals surface area contributed by atoms with Gasteiger partial charge < -0.3 is 18.9 Å². The van der Waals surface area contributed by atoms with Crippen molar-refractivity contribution in [1.82, 2.24) is 0 Å². The quantitative estimate of drug-likeness (QED) is 0.320. The number of methoxy groups -OCH3 is 4. The molecule has 4 heteroatoms. The first-order chi connectivity index (χ1) is 15.3. The Balaban J connectivity index is 2.34. The van der Waals surface area contributed by atoms with Gasteiger partial charge in [0.25, 0.3) is 0 Å². The van der Waals surface area contributed by atoms with E-state index in [1.807, 2.05) is 6.07 Å². The Kier molecular flexibility index (Phi) is 5.64. The zero-order valence-electron chi connectivity index (χ0n) is 19.8. The van der Waals surface area contributed by atoms with E-state index in [9.17, 15) is 0 Å². The Bertz CT molecular complexity index is 1280. The highest BCUT2D eigenvalue weighted by Gasteiger charge is 2.27. The lowest BCUT2D eigenvalue weighted by Gasteiger charge is -2.28. The number of ether oxygens (including phenoxy) is 4. The SMILES string of the molecule is COc1cc2c(-c3ccccc3)c(C(C)(C)C)c3cc(OC)c(OC)cc3c2cc1OC. The zero-order valence-corrected chi connectivity index (χ0v) is 19.8. The van der Waals surface area contributed by atoms with E-state index in [-0.39, 0.29) is 5.41 Å². The smallest absolute Gasteiger partial charge is 0.161 e. The Labute approximate surface area is 189 Å². The van der Waals surface area contributed by atoms with E-state index in [1.165, 1.54) is 11.1 Å². The summed E-state index contributed by atoms with van der Waals surface area (Å²) in [6, 6.07) is 18.8. The Morgan fingerprint density at radius 1 is 0.531 bits per heavy atom. The van der Waals surface area contributed by atoms with Gasteiger partial charge in [0.1, 0.15) is 0 Å². The van der Waals surface area contributed by atoms with Gasteiger partial charge in [-0.3, -0.25) is 0 Å². The van der Waals surface area contributed by atoms with Gasteiger partial charge in [-0.15, -0.1) is 0 Å². The van der Waals surface area contributed by atoms with Crippen molar-refractivity contribution in [2.75, 3.05) is 28.4 Å². The molecular weight excluding hydrogens is 400 g/mol. The number of hydrogen-bond acceptors (Lipinski definition) is 4. The second-order valence-corrected chi connectivity index (χ2v) is 8.87. The molecule has 4 aromatic carbocycles. The Morgan fingerprint density at radius 3 is 1.38 bits per heavy atom. The van der Waals surface area contributed by atoms with E-state index >= 15 is 0 Å². The van der Waals surface area contributed by atoms with E-state index in [1.54, 1.807) is 28.4 Å². The lowest BCUT2D eigenvalue weighted by atomic mass is 9.76. The molecular formula is C28H30O4. The van der Waals surface area contributed by atoms with Crippen LogP contribution in [0.15, 0.2) is 54.6 Å². The standard InChI is InChI=1S/C28H30O4/c1-28(2,3)27-21-16-25(32-7)23(30-5)14-19(21)18-13-22(29-4)24(31-6)15-20(18)26(27)17-11-9-8-10-12-17/h8-16H,1-7H3. The van der Waals surface area contributed by atoms with Gasteiger partial charge in [0.05, 0.1) is 28.4 Å². The van der Waals surface area contributed by atoms with E-state index in [0.29, 0.717) is 23.0 Å². The van der Waals surface area contributed by atoms with Gasteiger partial charge in [-0.25, -0.2) is 0 Å². The van der Waals surface area contributed by atoms with Gasteiger partial charge in [-0.05, 0) is 67.9 Å². The molecule has 0 saturated heterocycles. The average Bonchev–Trinajstić information content (AvgIpc) is 2.81. The summed E-state index contributed by atoms with van der Waals surface area (Å²) in [6.45, 7) is 6.74. The summed E-state index contributed by atoms with van der Waals surface area (Å²) in [5.74, 6) is 2.81. The largest absolute Gasteiger partial charge is 0.493 e. The van der Waals surface area contributed by atoms with E-state index in [4.69, 9.17) is 18.9 Å². The van der Waals surface area contributed by atoms with Crippen LogP contribution in [0.25, 0.3) is 32.7 Å². The van der Waals surface area contributed by atoms with Gasteiger partial charge >= 0.3 is 0 Å². The van der Waals surface area contributed by atoms with Crippen molar-refractivity contribution in [1.29, 1.82) is 0 Å². The lowest BCUT2D eigenvalue weighted by molar-refractivity contribution is 0.355. The molecule has 0 fully saturated rings. The van der Waals surface area contributed by atoms with Crippen molar-refractivity contribution in [3.05, 3.63) is 60.2 Å². The average molecular weight is 431 g/mol. The Morgan fingerprint density at radius 2 is 0.938 bits per heavy atom. The summed E-state index contributed by atoms with van der Waals surface area (Å²) in [5, 5.41) is 4.40. The molecule has 0 spiro atoms. The predicted octanol–water partition coefficient (Wildman–Crippen LogP) is 6.99. The molecule has 0 unspecified atom stereocenters. The summed E-state index contributed by atoms with van der Waals surface area (Å²) in [6.07, 6.45) is 0. The fourth-order valence-corrected chi connectivity index (χ4v) is 4.57. The van der Waals surface area contributed by atoms with Crippen LogP contribution >= 0.6 is 0 Å². The van der Waals surface area contributed by atoms with E-state index in [2.05, 4.69) is 69.3 Å². The summed E-state index contributed by atoms with van der Waals surface area (Å²) in [4.78, 5) is 0. The molecule has 4 aromatic rings. The van der Waals surface area contributed by atoms with Crippen LogP contribution in [-0.2, 0) is 5.41 Å². The fraction of sp³-hybridized carbons (Fsp3) is 0.286. The monoisotopic (exact) mass is 430 g/mol. The van der Waals surface area contributed by atoms with Crippen LogP contribution < -0.4 is 18.9 Å². The number of fused-ring (bicyclic) bond motifs is 3. The van der Waals surface area contributed by atoms with Crippen molar-refractivity contribution in [3.8, 4) is 34.1 Å². The maximum atomic E-state index is 5.68. The first-order valence-electron chi connectivity index (χ1n) is 10.7. The minimum Gasteiger partial charge on any atom is -0.493 e. The van der Waals surface area contributed by atoms with Crippen molar-refractivity contribution in [2.24, 2.45) is 0 Å². The van der Waals surface area contributed by atoms with Crippen LogP contribution in [-0.4, -0.2) is 28.4 Å². The molecule has 0 atom stereocenters. The van der Waals surface area contributed by atoms with Crippen LogP contribution in [0.4, 0.5) is 0 Å². The molecule has 4 nitrogen and oxygen atoms in total. The molecule has 0 radical (unpaired) electrons. The summed E-state index contributed by atoms with van der Waals surface area (Å²) < 4.78 is 22.7. The van der Waals surface area contributed by atoms with Crippen molar-refractivity contribution in [2.45, 2.75) is 26.2 Å². The van der Waals surface area contributed by atoms with Crippen molar-refractivity contribution < 1.29 is 18.9 Å². The Hall–Kier alpha value is -3.40. The molecule has 32 heavy (non-hydrogen) atoms. The van der Waals surface area contributed by atoms with Gasteiger partial charge in [0.15, 0.2) is 23.0 Å². The highest BCUT2D eigenvalue weighted by Crippen LogP contribution is 2.49. The van der Waals surface area contributed by atoms with Crippen LogP contribution in [0.1, 0.15) is 26.3 Å². The molecule has 166 valence electrons. The zero-order chi connectivity index (χ0) is 23.0. The van der Waals surface area contributed by atoms with Crippen LogP contribution in [0.3, 0.4) is 0 Å². The summed E-state index contributed by atoms with van der Waals surface area (Å²) in [5.41, 5.74) is 3.46. The molecule has 0 aliphatic rings. The third-order valence-corrected chi connectivity index (χ3v) is 5.94. The molecule has 0 amide bonds. The van der Waals surface area contributed by atoms with Crippen LogP contribution in [0.5, 0.6) is 23.0 Å². The number of benzene rings is 4. The second-order valence-electron chi connectivity index (χ2n) is 8.87. The highest BCUT2D eigenvalue weighted by atomic mass is 16.5. The molecule has 0 bridgehead atoms. The summed E-state index contributed by atoms with van der Waals surface area (Å²) in [7, 11) is 6.68. The minimum atomic E-state index is -0.135. The molecule has 0 N–H and O–H groups in total. The number of hydrogen-bond donors (Lipinski definition) is 0. The van der Waals surface area contributed by atoms with E-state index < -0.39 is 0 Å². The maximum absolute atomic E-state index is 5.68. The summed E-state index contributed by atoms with van der Waals surface area (Å²) >= 11 is 0. The third-order valence-electron chi connectivity index (χ3n) is 5.94. The molecule has 0 saturated carbocycles. The molecule has 0 aliphatic carbocycles. The lowest BCUT2D eigenvalue weighted by Crippen LogP contribution is -2.14. The highest BCUT2D eigenvalue weighted by molar-refractivity contribution is 6.17. The van der Waals surface area contributed by atoms with Crippen molar-refractivity contribution >= 4 is 21.5 Å². The second kappa shape index (κ2) is 8.27. The third kappa shape index (κ3) is 3.50. The molecule has 4 rings (SSSR count). The van der Waals surface area contributed by atoms with Gasteiger partial charge in [0, 0.05) is 0 Å². The predicted molar refractivity (Wildman–Crippen MR) is 132 cm³/mol. The molecule has 0 aromatic heterocycles. The topological polar surface area (TPSA) is 36.9 Å². The van der Waals surface area contributed by atoms with Gasteiger partial charge in [-0.2, -0.15) is 0 Å². The van der Waals surface area contributed by atoms with Gasteiger partial charge in [-0.1, -0.05) is 51.1 Å². The van der Waals surface area contributed by atoms with Crippen molar-refractivity contribution in [3.63, 3.8) is 0 Å². The van der Waals surface area contributed by atoms with E-state index in [0.717, 1.165) is 27.1 Å². The first-order valence-corrected chi connectivity index (χ1v) is 10.7. The van der Waals surface area contributed by atoms with Crippen LogP contribution in [0, 0.1) is 0 Å². The molecule has 0 aliphatic heterocycles. The first kappa shape index (κ1) is 21.8. The maximum Gasteiger partial charge on any atom is 0.161 e. The molecule has 0 heterocycles. The minimum absolute atomic E-state index is 0.135. The van der Waals surface area contributed by atoms with Crippen LogP contribution in [0.2, 0.25) is 0 Å².